The standard InChI is InChI=1S/C4H6O/c1-2-4-5-3-1/h1-3H2. The summed E-state index contributed by atoms with van der Waals surface area (Å²) in [6.45, 7) is 3.61. The van der Waals surface area contributed by atoms with Crippen LogP contribution in [0.1, 0.15) is 12.8 Å². The number of rotatable bonds is 0. The van der Waals surface area contributed by atoms with Crippen molar-refractivity contribution >= 4 is 0 Å². The van der Waals surface area contributed by atoms with E-state index in [4.69, 9.17) is 4.74 Å². The van der Waals surface area contributed by atoms with E-state index in [1.54, 1.807) is 0 Å². The minimum Gasteiger partial charge on any atom is -0.369 e. The fourth-order valence-corrected chi connectivity index (χ4v) is 0.361. The van der Waals surface area contributed by atoms with Crippen LogP contribution in [0.5, 0.6) is 0 Å². The summed E-state index contributed by atoms with van der Waals surface area (Å²) in [6, 6.07) is 0. The van der Waals surface area contributed by atoms with Crippen molar-refractivity contribution < 1.29 is 4.74 Å². The highest BCUT2D eigenvalue weighted by Crippen LogP contribution is 2.03. The molecule has 0 aliphatic carbocycles. The van der Waals surface area contributed by atoms with Crippen molar-refractivity contribution in [1.29, 1.82) is 0 Å². The van der Waals surface area contributed by atoms with Crippen LogP contribution in [-0.4, -0.2) is 6.61 Å². The number of hydrogen-bond acceptors (Lipinski definition) is 1. The Hall–Kier alpha value is -0.0400. The number of hydrogen-bond donors (Lipinski definition) is 0. The van der Waals surface area contributed by atoms with Gasteiger partial charge in [-0.3, -0.25) is 0 Å². The summed E-state index contributed by atoms with van der Waals surface area (Å²) >= 11 is 0. The molecule has 28 valence electrons. The average Bonchev–Trinajstić information content (AvgIpc) is 1.76. The molecule has 0 saturated carbocycles. The molecule has 0 unspecified atom stereocenters. The maximum Gasteiger partial charge on any atom is 0.132 e. The Bertz CT molecular complexity index is 15.2. The molecule has 5 heavy (non-hydrogen) atoms. The van der Waals surface area contributed by atoms with Gasteiger partial charge in [0.1, 0.15) is 6.61 Å². The highest BCUT2D eigenvalue weighted by atomic mass is 16.5. The van der Waals surface area contributed by atoms with Gasteiger partial charge in [-0.15, -0.1) is 0 Å². The molecule has 2 radical (unpaired) electrons. The van der Waals surface area contributed by atoms with Crippen LogP contribution >= 0.6 is 0 Å². The second-order valence-corrected chi connectivity index (χ2v) is 1.10. The summed E-state index contributed by atoms with van der Waals surface area (Å²) in [7, 11) is 0. The third-order valence-electron chi connectivity index (χ3n) is 0.627. The molecule has 0 spiro atoms. The Morgan fingerprint density at radius 1 is 1.60 bits per heavy atom. The molecule has 1 heterocycles. The Kier molecular flexibility index (Phi) is 0.892. The van der Waals surface area contributed by atoms with E-state index in [1.807, 2.05) is 0 Å². The molecule has 0 amide bonds. The Labute approximate surface area is 31.9 Å². The van der Waals surface area contributed by atoms with Gasteiger partial charge in [-0.25, -0.2) is 0 Å². The van der Waals surface area contributed by atoms with Gasteiger partial charge in [0.2, 0.25) is 0 Å². The molecule has 0 aromatic heterocycles. The largest absolute Gasteiger partial charge is 0.369 e. The third kappa shape index (κ3) is 0.618. The van der Waals surface area contributed by atoms with Crippen LogP contribution in [0.4, 0.5) is 0 Å². The van der Waals surface area contributed by atoms with Gasteiger partial charge >= 0.3 is 0 Å². The smallest absolute Gasteiger partial charge is 0.132 e. The molecule has 0 aromatic carbocycles. The lowest BCUT2D eigenvalue weighted by Gasteiger charge is -1.74. The van der Waals surface area contributed by atoms with E-state index in [9.17, 15) is 0 Å². The van der Waals surface area contributed by atoms with Crippen LogP contribution in [0.25, 0.3) is 0 Å². The topological polar surface area (TPSA) is 9.23 Å². The maximum absolute atomic E-state index is 4.69. The first-order valence-electron chi connectivity index (χ1n) is 1.85. The zero-order valence-electron chi connectivity index (χ0n) is 3.03. The Morgan fingerprint density at radius 3 is 2.80 bits per heavy atom. The van der Waals surface area contributed by atoms with E-state index in [0.717, 1.165) is 13.0 Å². The summed E-state index contributed by atoms with van der Waals surface area (Å²) in [5, 5.41) is 0. The molecule has 1 aliphatic heterocycles. The zero-order chi connectivity index (χ0) is 3.54. The molecule has 1 heteroatoms. The molecule has 1 saturated heterocycles. The van der Waals surface area contributed by atoms with Gasteiger partial charge in [0.25, 0.3) is 0 Å². The van der Waals surface area contributed by atoms with Crippen LogP contribution in [0, 0.1) is 6.61 Å². The van der Waals surface area contributed by atoms with Crippen molar-refractivity contribution in [2.24, 2.45) is 0 Å². The molecule has 1 nitrogen and oxygen atoms in total. The van der Waals surface area contributed by atoms with Gasteiger partial charge in [-0.05, 0) is 12.8 Å². The molecule has 1 rings (SSSR count). The van der Waals surface area contributed by atoms with Crippen molar-refractivity contribution in [3.8, 4) is 0 Å². The van der Waals surface area contributed by atoms with E-state index in [-0.39, 0.29) is 0 Å². The maximum atomic E-state index is 4.69. The van der Waals surface area contributed by atoms with E-state index < -0.39 is 0 Å². The molecular formula is C4H6O. The fraction of sp³-hybridized carbons (Fsp3) is 0.750. The van der Waals surface area contributed by atoms with E-state index in [2.05, 4.69) is 6.61 Å². The predicted octanol–water partition coefficient (Wildman–Crippen LogP) is 0.836. The Balaban J connectivity index is 2.08. The van der Waals surface area contributed by atoms with Gasteiger partial charge in [-0.2, -0.15) is 0 Å². The average molecular weight is 70.1 g/mol. The van der Waals surface area contributed by atoms with Crippen molar-refractivity contribution in [3.63, 3.8) is 0 Å². The lowest BCUT2D eigenvalue weighted by Crippen LogP contribution is -1.69. The molecule has 1 fully saturated rings. The fourth-order valence-electron chi connectivity index (χ4n) is 0.361. The van der Waals surface area contributed by atoms with Crippen molar-refractivity contribution in [2.75, 3.05) is 6.61 Å². The van der Waals surface area contributed by atoms with Crippen LogP contribution in [0.2, 0.25) is 0 Å². The molecular weight excluding hydrogens is 64.0 g/mol. The second-order valence-electron chi connectivity index (χ2n) is 1.10. The Morgan fingerprint density at radius 2 is 2.60 bits per heavy atom. The van der Waals surface area contributed by atoms with Gasteiger partial charge in [0.15, 0.2) is 0 Å². The van der Waals surface area contributed by atoms with Crippen molar-refractivity contribution in [2.45, 2.75) is 12.8 Å². The highest BCUT2D eigenvalue weighted by Gasteiger charge is 1.97. The molecule has 0 atom stereocenters. The molecule has 0 bridgehead atoms. The van der Waals surface area contributed by atoms with Gasteiger partial charge in [0.05, 0.1) is 0 Å². The first-order chi connectivity index (χ1) is 2.50. The summed E-state index contributed by atoms with van der Waals surface area (Å²) in [5.74, 6) is 0. The summed E-state index contributed by atoms with van der Waals surface area (Å²) < 4.78 is 4.69. The van der Waals surface area contributed by atoms with E-state index in [0.29, 0.717) is 0 Å². The number of ether oxygens (including phenoxy) is 1. The van der Waals surface area contributed by atoms with E-state index in [1.165, 1.54) is 6.42 Å². The lowest BCUT2D eigenvalue weighted by molar-refractivity contribution is 0.254. The minimum absolute atomic E-state index is 0.889. The van der Waals surface area contributed by atoms with Crippen LogP contribution < -0.4 is 0 Å². The van der Waals surface area contributed by atoms with Gasteiger partial charge in [-0.1, -0.05) is 0 Å². The zero-order valence-corrected chi connectivity index (χ0v) is 3.03. The highest BCUT2D eigenvalue weighted by molar-refractivity contribution is 4.57. The predicted molar refractivity (Wildman–Crippen MR) is 18.4 cm³/mol. The first-order valence-corrected chi connectivity index (χ1v) is 1.85. The third-order valence-corrected chi connectivity index (χ3v) is 0.627. The summed E-state index contributed by atoms with van der Waals surface area (Å²) in [6.07, 6.45) is 2.19. The molecule has 1 aliphatic rings. The SMILES string of the molecule is [C]1CCCO1. The van der Waals surface area contributed by atoms with Crippen LogP contribution in [-0.2, 0) is 4.74 Å². The first kappa shape index (κ1) is 3.16. The van der Waals surface area contributed by atoms with Gasteiger partial charge in [0, 0.05) is 6.61 Å². The minimum atomic E-state index is 0.889. The quantitative estimate of drug-likeness (QED) is 0.410. The van der Waals surface area contributed by atoms with Crippen LogP contribution in [0.3, 0.4) is 0 Å². The van der Waals surface area contributed by atoms with Crippen molar-refractivity contribution in [3.05, 3.63) is 6.61 Å². The summed E-state index contributed by atoms with van der Waals surface area (Å²) in [4.78, 5) is 0. The molecule has 0 N–H and O–H groups in total. The second kappa shape index (κ2) is 1.41. The lowest BCUT2D eigenvalue weighted by atomic mass is 10.4. The summed E-state index contributed by atoms with van der Waals surface area (Å²) in [5.41, 5.74) is 0. The molecule has 0 aromatic rings. The van der Waals surface area contributed by atoms with Crippen molar-refractivity contribution in [1.82, 2.24) is 0 Å². The van der Waals surface area contributed by atoms with E-state index >= 15 is 0 Å². The van der Waals surface area contributed by atoms with Gasteiger partial charge < -0.3 is 4.74 Å². The normalized spacial score (nSPS) is 24.0. The monoisotopic (exact) mass is 70.0 g/mol. The van der Waals surface area contributed by atoms with Crippen LogP contribution in [0.15, 0.2) is 0 Å².